The highest BCUT2D eigenvalue weighted by molar-refractivity contribution is 7.98. The minimum Gasteiger partial charge on any atom is -0.479 e. The molecule has 0 aliphatic heterocycles. The van der Waals surface area contributed by atoms with E-state index in [1.807, 2.05) is 24.5 Å². The summed E-state index contributed by atoms with van der Waals surface area (Å²) in [6.07, 6.45) is 1.83. The molecule has 0 radical (unpaired) electrons. The van der Waals surface area contributed by atoms with Crippen molar-refractivity contribution in [3.63, 3.8) is 0 Å². The van der Waals surface area contributed by atoms with Crippen LogP contribution in [0.1, 0.15) is 23.7 Å². The van der Waals surface area contributed by atoms with E-state index in [4.69, 9.17) is 16.7 Å². The Balaban J connectivity index is 3.15. The second-order valence-corrected chi connectivity index (χ2v) is 4.79. The molecule has 0 fully saturated rings. The summed E-state index contributed by atoms with van der Waals surface area (Å²) < 4.78 is 0. The Bertz CT molecular complexity index is 395. The van der Waals surface area contributed by atoms with E-state index in [9.17, 15) is 9.90 Å². The number of alkyl halides is 1. The van der Waals surface area contributed by atoms with Crippen molar-refractivity contribution in [3.8, 4) is 0 Å². The van der Waals surface area contributed by atoms with Crippen LogP contribution in [0, 0.1) is 0 Å². The summed E-state index contributed by atoms with van der Waals surface area (Å²) in [5.41, 5.74) is 1.35. The molecule has 0 bridgehead atoms. The Hall–Kier alpha value is -0.710. The number of carboxylic acid groups (broad SMARTS) is 1. The first-order valence-electron chi connectivity index (χ1n) is 5.24. The minimum absolute atomic E-state index is 0.498. The number of hydrogen-bond donors (Lipinski definition) is 2. The summed E-state index contributed by atoms with van der Waals surface area (Å²) >= 11 is 7.07. The molecule has 17 heavy (non-hydrogen) atoms. The van der Waals surface area contributed by atoms with E-state index in [1.165, 1.54) is 11.8 Å². The van der Waals surface area contributed by atoms with E-state index >= 15 is 0 Å². The Labute approximate surface area is 110 Å². The maximum absolute atomic E-state index is 10.9. The van der Waals surface area contributed by atoms with E-state index < -0.39 is 12.1 Å². The lowest BCUT2D eigenvalue weighted by atomic mass is 9.99. The minimum atomic E-state index is -1.47. The van der Waals surface area contributed by atoms with Crippen molar-refractivity contribution < 1.29 is 15.0 Å². The topological polar surface area (TPSA) is 57.5 Å². The van der Waals surface area contributed by atoms with Gasteiger partial charge in [0.05, 0.1) is 0 Å². The number of carboxylic acids is 1. The van der Waals surface area contributed by atoms with Gasteiger partial charge < -0.3 is 10.2 Å². The van der Waals surface area contributed by atoms with Gasteiger partial charge in [0.1, 0.15) is 0 Å². The van der Waals surface area contributed by atoms with Crippen molar-refractivity contribution in [2.24, 2.45) is 0 Å². The van der Waals surface area contributed by atoms with Gasteiger partial charge in [0.15, 0.2) is 6.10 Å². The molecule has 1 aromatic carbocycles. The van der Waals surface area contributed by atoms with Crippen molar-refractivity contribution in [1.82, 2.24) is 0 Å². The van der Waals surface area contributed by atoms with E-state index in [-0.39, 0.29) is 0 Å². The predicted octanol–water partition coefficient (Wildman–Crippen LogP) is 2.70. The number of hydrogen-bond acceptors (Lipinski definition) is 3. The van der Waals surface area contributed by atoms with Gasteiger partial charge in [-0.1, -0.05) is 12.1 Å². The summed E-state index contributed by atoms with van der Waals surface area (Å²) in [6.45, 7) is 0. The monoisotopic (exact) mass is 274 g/mol. The zero-order valence-electron chi connectivity index (χ0n) is 9.52. The molecule has 1 aromatic rings. The number of aliphatic hydroxyl groups excluding tert-OH is 1. The lowest BCUT2D eigenvalue weighted by molar-refractivity contribution is -0.147. The largest absolute Gasteiger partial charge is 0.479 e. The predicted molar refractivity (Wildman–Crippen MR) is 69.9 cm³/mol. The Kier molecular flexibility index (Phi) is 5.82. The molecule has 0 amide bonds. The van der Waals surface area contributed by atoms with Crippen LogP contribution < -0.4 is 0 Å². The van der Waals surface area contributed by atoms with Gasteiger partial charge in [-0.3, -0.25) is 0 Å². The normalized spacial score (nSPS) is 12.4. The number of aliphatic hydroxyl groups is 1. The van der Waals surface area contributed by atoms with Gasteiger partial charge in [-0.05, 0) is 30.7 Å². The summed E-state index contributed by atoms with van der Waals surface area (Å²) in [4.78, 5) is 11.7. The number of carbonyl (C=O) groups is 1. The molecule has 0 spiro atoms. The Morgan fingerprint density at radius 2 is 2.24 bits per heavy atom. The number of rotatable bonds is 6. The number of aryl methyl sites for hydroxylation is 1. The van der Waals surface area contributed by atoms with Gasteiger partial charge in [0.2, 0.25) is 0 Å². The molecule has 1 atom stereocenters. The maximum atomic E-state index is 10.9. The molecule has 5 heteroatoms. The van der Waals surface area contributed by atoms with Gasteiger partial charge in [0.25, 0.3) is 0 Å². The maximum Gasteiger partial charge on any atom is 0.337 e. The van der Waals surface area contributed by atoms with Crippen LogP contribution >= 0.6 is 23.4 Å². The second kappa shape index (κ2) is 6.89. The van der Waals surface area contributed by atoms with Gasteiger partial charge >= 0.3 is 5.97 Å². The van der Waals surface area contributed by atoms with Crippen molar-refractivity contribution >= 4 is 29.3 Å². The first-order valence-corrected chi connectivity index (χ1v) is 7.00. The first kappa shape index (κ1) is 14.4. The van der Waals surface area contributed by atoms with Crippen LogP contribution in [0.3, 0.4) is 0 Å². The van der Waals surface area contributed by atoms with Crippen LogP contribution in [-0.2, 0) is 11.2 Å². The molecule has 2 N–H and O–H groups in total. The average Bonchev–Trinajstić information content (AvgIpc) is 2.34. The summed E-state index contributed by atoms with van der Waals surface area (Å²) in [5, 5.41) is 18.7. The van der Waals surface area contributed by atoms with Crippen LogP contribution in [0.2, 0.25) is 0 Å². The number of thioether (sulfide) groups is 1. The lowest BCUT2D eigenvalue weighted by Crippen LogP contribution is -2.14. The Morgan fingerprint density at radius 1 is 1.53 bits per heavy atom. The van der Waals surface area contributed by atoms with Crippen molar-refractivity contribution in [3.05, 3.63) is 29.3 Å². The van der Waals surface area contributed by atoms with E-state index in [2.05, 4.69) is 0 Å². The fraction of sp³-hybridized carbons (Fsp3) is 0.417. The van der Waals surface area contributed by atoms with Gasteiger partial charge in [-0.2, -0.15) is 0 Å². The number of aliphatic carboxylic acids is 1. The third kappa shape index (κ3) is 3.63. The molecule has 0 aliphatic carbocycles. The van der Waals surface area contributed by atoms with Crippen molar-refractivity contribution in [2.45, 2.75) is 23.8 Å². The molecule has 0 aromatic heterocycles. The van der Waals surface area contributed by atoms with Crippen molar-refractivity contribution in [1.29, 1.82) is 0 Å². The highest BCUT2D eigenvalue weighted by Gasteiger charge is 2.22. The standard InChI is InChI=1S/C12H15ClO3S/c1-17-9-6-2-4-8(5-3-7-13)10(9)11(14)12(15)16/h2,4,6,11,14H,3,5,7H2,1H3,(H,15,16). The molecule has 1 rings (SSSR count). The molecular weight excluding hydrogens is 260 g/mol. The van der Waals surface area contributed by atoms with Crippen LogP contribution in [0.5, 0.6) is 0 Å². The smallest absolute Gasteiger partial charge is 0.337 e. The van der Waals surface area contributed by atoms with E-state index in [0.29, 0.717) is 17.9 Å². The number of benzene rings is 1. The van der Waals surface area contributed by atoms with Crippen LogP contribution in [0.15, 0.2) is 23.1 Å². The summed E-state index contributed by atoms with van der Waals surface area (Å²) in [7, 11) is 0. The average molecular weight is 275 g/mol. The Morgan fingerprint density at radius 3 is 2.76 bits per heavy atom. The molecule has 1 unspecified atom stereocenters. The zero-order valence-corrected chi connectivity index (χ0v) is 11.1. The molecule has 0 aliphatic rings. The third-order valence-electron chi connectivity index (χ3n) is 2.46. The lowest BCUT2D eigenvalue weighted by Gasteiger charge is -2.15. The molecular formula is C12H15ClO3S. The molecule has 0 heterocycles. The quantitative estimate of drug-likeness (QED) is 0.619. The number of halogens is 1. The van der Waals surface area contributed by atoms with Crippen LogP contribution in [0.4, 0.5) is 0 Å². The van der Waals surface area contributed by atoms with Gasteiger partial charge in [-0.15, -0.1) is 23.4 Å². The summed E-state index contributed by atoms with van der Waals surface area (Å²) in [6, 6.07) is 5.53. The zero-order chi connectivity index (χ0) is 12.8. The van der Waals surface area contributed by atoms with Crippen LogP contribution in [-0.4, -0.2) is 28.3 Å². The second-order valence-electron chi connectivity index (χ2n) is 3.57. The highest BCUT2D eigenvalue weighted by atomic mass is 35.5. The fourth-order valence-corrected chi connectivity index (χ4v) is 2.49. The van der Waals surface area contributed by atoms with E-state index in [0.717, 1.165) is 16.9 Å². The summed E-state index contributed by atoms with van der Waals surface area (Å²) in [5.74, 6) is -0.704. The first-order chi connectivity index (χ1) is 8.11. The molecule has 0 saturated carbocycles. The highest BCUT2D eigenvalue weighted by Crippen LogP contribution is 2.30. The molecule has 0 saturated heterocycles. The van der Waals surface area contributed by atoms with E-state index in [1.54, 1.807) is 0 Å². The van der Waals surface area contributed by atoms with Gasteiger partial charge in [0, 0.05) is 16.3 Å². The van der Waals surface area contributed by atoms with Crippen LogP contribution in [0.25, 0.3) is 0 Å². The molecule has 3 nitrogen and oxygen atoms in total. The molecule has 94 valence electrons. The fourth-order valence-electron chi connectivity index (χ4n) is 1.68. The third-order valence-corrected chi connectivity index (χ3v) is 3.53. The van der Waals surface area contributed by atoms with Crippen molar-refractivity contribution in [2.75, 3.05) is 12.1 Å². The SMILES string of the molecule is CSc1cccc(CCCCl)c1C(O)C(=O)O. The van der Waals surface area contributed by atoms with Gasteiger partial charge in [-0.25, -0.2) is 4.79 Å².